The fraction of sp³-hybridized carbons (Fsp3) is 0.529. The number of terminal acetylenes is 1. The summed E-state index contributed by atoms with van der Waals surface area (Å²) in [4.78, 5) is 25.3. The largest absolute Gasteiger partial charge is 0.493 e. The Morgan fingerprint density at radius 2 is 2.13 bits per heavy atom. The molecule has 0 aliphatic heterocycles. The van der Waals surface area contributed by atoms with E-state index in [2.05, 4.69) is 5.92 Å². The molecule has 1 N–H and O–H groups in total. The van der Waals surface area contributed by atoms with Gasteiger partial charge in [0.1, 0.15) is 0 Å². The Balaban J connectivity index is 2.74. The van der Waals surface area contributed by atoms with Crippen LogP contribution >= 0.6 is 0 Å². The van der Waals surface area contributed by atoms with Crippen LogP contribution in [0.4, 0.5) is 0 Å². The highest BCUT2D eigenvalue weighted by Crippen LogP contribution is 2.68. The first-order valence-electron chi connectivity index (χ1n) is 7.34. The van der Waals surface area contributed by atoms with E-state index in [1.54, 1.807) is 0 Å². The van der Waals surface area contributed by atoms with E-state index in [0.717, 1.165) is 10.1 Å². The third-order valence-corrected chi connectivity index (χ3v) is 4.67. The molecule has 2 unspecified atom stereocenters. The molecule has 2 rings (SSSR count). The highest BCUT2D eigenvalue weighted by Gasteiger charge is 2.78. The number of imidazole rings is 1. The van der Waals surface area contributed by atoms with Crippen molar-refractivity contribution in [3.63, 3.8) is 0 Å². The Hall–Kier alpha value is -2.42. The number of rotatable bonds is 4. The fourth-order valence-electron chi connectivity index (χ4n) is 3.53. The van der Waals surface area contributed by atoms with Crippen molar-refractivity contribution in [1.82, 2.24) is 9.13 Å². The predicted molar refractivity (Wildman–Crippen MR) is 85.9 cm³/mol. The van der Waals surface area contributed by atoms with Crippen molar-refractivity contribution in [1.29, 1.82) is 0 Å². The van der Waals surface area contributed by atoms with Crippen LogP contribution in [0, 0.1) is 23.7 Å². The zero-order valence-corrected chi connectivity index (χ0v) is 14.1. The standard InChI is InChI=1S/C17H22N2O4/c1-7-8-18-10-13(20)19(15(18)22)17(14(21)23-6)12(9-11(2)3)16(17,4)5/h1,9-10,12,20H,8H2,2-6H3. The minimum atomic E-state index is -1.28. The predicted octanol–water partition coefficient (Wildman–Crippen LogP) is 1.48. The van der Waals surface area contributed by atoms with Gasteiger partial charge in [0.2, 0.25) is 5.88 Å². The number of hydrogen-bond acceptors (Lipinski definition) is 4. The normalized spacial score (nSPS) is 24.6. The van der Waals surface area contributed by atoms with Crippen molar-refractivity contribution < 1.29 is 14.6 Å². The maximum Gasteiger partial charge on any atom is 0.333 e. The van der Waals surface area contributed by atoms with Gasteiger partial charge in [-0.2, -0.15) is 0 Å². The van der Waals surface area contributed by atoms with E-state index in [0.29, 0.717) is 0 Å². The average molecular weight is 318 g/mol. The second kappa shape index (κ2) is 5.34. The molecule has 1 aromatic heterocycles. The molecular formula is C17H22N2O4. The van der Waals surface area contributed by atoms with Gasteiger partial charge in [-0.3, -0.25) is 4.57 Å². The lowest BCUT2D eigenvalue weighted by molar-refractivity contribution is -0.148. The van der Waals surface area contributed by atoms with Crippen molar-refractivity contribution >= 4 is 5.97 Å². The molecule has 0 bridgehead atoms. The van der Waals surface area contributed by atoms with Gasteiger partial charge >= 0.3 is 11.7 Å². The molecule has 1 aliphatic carbocycles. The number of nitrogens with zero attached hydrogens (tertiary/aromatic N) is 2. The molecular weight excluding hydrogens is 296 g/mol. The number of hydrogen-bond donors (Lipinski definition) is 1. The summed E-state index contributed by atoms with van der Waals surface area (Å²) in [5.74, 6) is 1.24. The molecule has 6 heteroatoms. The van der Waals surface area contributed by atoms with E-state index in [-0.39, 0.29) is 18.3 Å². The molecule has 0 radical (unpaired) electrons. The lowest BCUT2D eigenvalue weighted by Gasteiger charge is -2.19. The number of methoxy groups -OCH3 is 1. The molecule has 1 saturated carbocycles. The minimum absolute atomic E-state index is 0.0182. The highest BCUT2D eigenvalue weighted by atomic mass is 16.5. The van der Waals surface area contributed by atoms with Gasteiger partial charge in [0.25, 0.3) is 0 Å². The summed E-state index contributed by atoms with van der Waals surface area (Å²) in [7, 11) is 1.28. The van der Waals surface area contributed by atoms with Crippen molar-refractivity contribution in [3.8, 4) is 18.2 Å². The van der Waals surface area contributed by atoms with E-state index in [9.17, 15) is 14.7 Å². The summed E-state index contributed by atoms with van der Waals surface area (Å²) in [5, 5.41) is 10.3. The molecule has 2 atom stereocenters. The number of aromatic hydroxyl groups is 1. The summed E-state index contributed by atoms with van der Waals surface area (Å²) in [5.41, 5.74) is -1.37. The highest BCUT2D eigenvalue weighted by molar-refractivity contribution is 5.86. The number of carbonyl (C=O) groups excluding carboxylic acids is 1. The van der Waals surface area contributed by atoms with E-state index in [1.165, 1.54) is 17.9 Å². The molecule has 0 spiro atoms. The molecule has 1 aromatic rings. The summed E-state index contributed by atoms with van der Waals surface area (Å²) < 4.78 is 7.28. The summed E-state index contributed by atoms with van der Waals surface area (Å²) in [6.45, 7) is 7.60. The Kier molecular flexibility index (Phi) is 3.93. The number of carbonyl (C=O) groups is 1. The van der Waals surface area contributed by atoms with Gasteiger partial charge < -0.3 is 9.84 Å². The molecule has 1 fully saturated rings. The zero-order valence-electron chi connectivity index (χ0n) is 14.1. The number of aromatic nitrogens is 2. The average Bonchev–Trinajstić information content (AvgIpc) is 2.77. The SMILES string of the molecule is C#CCn1cc(O)n(C2(C(=O)OC)C(C=C(C)C)C2(C)C)c1=O. The van der Waals surface area contributed by atoms with Crippen LogP contribution in [0.15, 0.2) is 22.6 Å². The lowest BCUT2D eigenvalue weighted by Crippen LogP contribution is -2.41. The molecule has 1 heterocycles. The van der Waals surface area contributed by atoms with E-state index < -0.39 is 22.6 Å². The van der Waals surface area contributed by atoms with Crippen molar-refractivity contribution in [3.05, 3.63) is 28.3 Å². The van der Waals surface area contributed by atoms with Crippen molar-refractivity contribution in [2.24, 2.45) is 11.3 Å². The van der Waals surface area contributed by atoms with Crippen LogP contribution in [0.3, 0.4) is 0 Å². The summed E-state index contributed by atoms with van der Waals surface area (Å²) in [6.07, 6.45) is 8.43. The Morgan fingerprint density at radius 3 is 2.61 bits per heavy atom. The molecule has 0 aromatic carbocycles. The molecule has 0 saturated heterocycles. The zero-order chi connectivity index (χ0) is 17.6. The van der Waals surface area contributed by atoms with Gasteiger partial charge in [0, 0.05) is 11.3 Å². The summed E-state index contributed by atoms with van der Waals surface area (Å²) >= 11 is 0. The van der Waals surface area contributed by atoms with Crippen LogP contribution in [0.5, 0.6) is 5.88 Å². The van der Waals surface area contributed by atoms with Crippen LogP contribution in [-0.2, 0) is 21.6 Å². The van der Waals surface area contributed by atoms with Crippen molar-refractivity contribution in [2.75, 3.05) is 7.11 Å². The third-order valence-electron chi connectivity index (χ3n) is 4.67. The Labute approximate surface area is 135 Å². The first-order chi connectivity index (χ1) is 10.7. The van der Waals surface area contributed by atoms with Crippen LogP contribution < -0.4 is 5.69 Å². The topological polar surface area (TPSA) is 73.5 Å². The van der Waals surface area contributed by atoms with E-state index in [4.69, 9.17) is 11.2 Å². The van der Waals surface area contributed by atoms with Gasteiger partial charge in [-0.25, -0.2) is 14.2 Å². The Bertz CT molecular complexity index is 771. The minimum Gasteiger partial charge on any atom is -0.493 e. The van der Waals surface area contributed by atoms with Crippen LogP contribution in [0.1, 0.15) is 27.7 Å². The summed E-state index contributed by atoms with van der Waals surface area (Å²) in [6, 6.07) is 0. The second-order valence-electron chi connectivity index (χ2n) is 6.64. The third kappa shape index (κ3) is 2.11. The monoisotopic (exact) mass is 318 g/mol. The number of ether oxygens (including phenoxy) is 1. The smallest absolute Gasteiger partial charge is 0.333 e. The van der Waals surface area contributed by atoms with Crippen LogP contribution in [0.25, 0.3) is 0 Å². The Morgan fingerprint density at radius 1 is 1.52 bits per heavy atom. The second-order valence-corrected chi connectivity index (χ2v) is 6.64. The maximum absolute atomic E-state index is 12.6. The van der Waals surface area contributed by atoms with Crippen LogP contribution in [-0.4, -0.2) is 27.3 Å². The van der Waals surface area contributed by atoms with Gasteiger partial charge in [-0.05, 0) is 13.8 Å². The maximum atomic E-state index is 12.6. The first-order valence-corrected chi connectivity index (χ1v) is 7.34. The number of esters is 1. The van der Waals surface area contributed by atoms with E-state index >= 15 is 0 Å². The lowest BCUT2D eigenvalue weighted by atomic mass is 10.0. The first kappa shape index (κ1) is 16.9. The van der Waals surface area contributed by atoms with Gasteiger partial charge in [-0.15, -0.1) is 6.42 Å². The molecule has 6 nitrogen and oxygen atoms in total. The molecule has 23 heavy (non-hydrogen) atoms. The van der Waals surface area contributed by atoms with E-state index in [1.807, 2.05) is 33.8 Å². The van der Waals surface area contributed by atoms with Crippen molar-refractivity contribution in [2.45, 2.75) is 39.8 Å². The quantitative estimate of drug-likeness (QED) is 0.518. The van der Waals surface area contributed by atoms with Gasteiger partial charge in [0.05, 0.1) is 19.9 Å². The van der Waals surface area contributed by atoms with Gasteiger partial charge in [0.15, 0.2) is 5.54 Å². The molecule has 0 amide bonds. The molecule has 1 aliphatic rings. The fourth-order valence-corrected chi connectivity index (χ4v) is 3.53. The number of allylic oxidation sites excluding steroid dienone is 2. The molecule has 124 valence electrons. The van der Waals surface area contributed by atoms with Gasteiger partial charge in [-0.1, -0.05) is 31.4 Å². The van der Waals surface area contributed by atoms with Crippen LogP contribution in [0.2, 0.25) is 0 Å².